The molecule has 1 aliphatic rings. The summed E-state index contributed by atoms with van der Waals surface area (Å²) in [5.74, 6) is -1.30. The first kappa shape index (κ1) is 14.3. The lowest BCUT2D eigenvalue weighted by molar-refractivity contribution is 0.0579. The van der Waals surface area contributed by atoms with E-state index in [2.05, 4.69) is 0 Å². The van der Waals surface area contributed by atoms with Gasteiger partial charge in [-0.3, -0.25) is 4.79 Å². The highest BCUT2D eigenvalue weighted by molar-refractivity contribution is 6.17. The largest absolute Gasteiger partial charge is 0.336 e. The van der Waals surface area contributed by atoms with Crippen molar-refractivity contribution in [3.8, 4) is 0 Å². The highest BCUT2D eigenvalue weighted by Gasteiger charge is 2.29. The van der Waals surface area contributed by atoms with Gasteiger partial charge in [0.05, 0.1) is 0 Å². The normalized spacial score (nSPS) is 15.1. The molecular weight excluding hydrogens is 272 g/mol. The van der Waals surface area contributed by atoms with Gasteiger partial charge in [0.1, 0.15) is 11.6 Å². The van der Waals surface area contributed by atoms with E-state index in [0.29, 0.717) is 18.8 Å². The van der Waals surface area contributed by atoms with Gasteiger partial charge in [0.25, 0.3) is 5.91 Å². The monoisotopic (exact) mass is 287 g/mol. The molecule has 0 heterocycles. The second-order valence-corrected chi connectivity index (χ2v) is 5.16. The molecule has 1 aliphatic carbocycles. The Morgan fingerprint density at radius 3 is 2.37 bits per heavy atom. The number of carbonyl (C=O) groups excluding carboxylic acids is 1. The maximum atomic E-state index is 13.2. The van der Waals surface area contributed by atoms with Crippen LogP contribution < -0.4 is 0 Å². The molecule has 0 radical (unpaired) electrons. The van der Waals surface area contributed by atoms with Crippen LogP contribution in [-0.4, -0.2) is 29.3 Å². The van der Waals surface area contributed by atoms with Crippen LogP contribution in [0.25, 0.3) is 0 Å². The number of rotatable bonds is 5. The number of benzene rings is 1. The summed E-state index contributed by atoms with van der Waals surface area (Å²) in [7, 11) is 0. The Kier molecular flexibility index (Phi) is 4.75. The molecule has 104 valence electrons. The molecule has 0 aliphatic heterocycles. The minimum atomic E-state index is -0.728. The maximum absolute atomic E-state index is 13.2. The number of hydrogen-bond donors (Lipinski definition) is 0. The van der Waals surface area contributed by atoms with Gasteiger partial charge in [0.15, 0.2) is 0 Å². The smallest absolute Gasteiger partial charge is 0.254 e. The van der Waals surface area contributed by atoms with Gasteiger partial charge < -0.3 is 4.90 Å². The third-order valence-corrected chi connectivity index (χ3v) is 3.69. The van der Waals surface area contributed by atoms with E-state index in [0.717, 1.165) is 37.5 Å². The van der Waals surface area contributed by atoms with Gasteiger partial charge in [0.2, 0.25) is 0 Å². The first-order chi connectivity index (χ1) is 9.11. The molecule has 19 heavy (non-hydrogen) atoms. The third kappa shape index (κ3) is 3.44. The summed E-state index contributed by atoms with van der Waals surface area (Å²) < 4.78 is 26.3. The van der Waals surface area contributed by atoms with Crippen LogP contribution in [0.1, 0.15) is 36.0 Å². The molecule has 0 atom stereocenters. The van der Waals surface area contributed by atoms with Gasteiger partial charge in [-0.05, 0) is 37.8 Å². The predicted octanol–water partition coefficient (Wildman–Crippen LogP) is 3.59. The number of hydrogen-bond acceptors (Lipinski definition) is 1. The summed E-state index contributed by atoms with van der Waals surface area (Å²) in [4.78, 5) is 14.0. The molecule has 1 fully saturated rings. The molecular formula is C14H16ClF2NO. The average Bonchev–Trinajstić information content (AvgIpc) is 2.29. The van der Waals surface area contributed by atoms with E-state index < -0.39 is 11.6 Å². The van der Waals surface area contributed by atoms with Crippen LogP contribution in [0.4, 0.5) is 8.78 Å². The molecule has 1 amide bonds. The van der Waals surface area contributed by atoms with E-state index in [1.807, 2.05) is 0 Å². The summed E-state index contributed by atoms with van der Waals surface area (Å²) in [6, 6.07) is 3.11. The molecule has 0 spiro atoms. The number of carbonyl (C=O) groups is 1. The Morgan fingerprint density at radius 2 is 1.89 bits per heavy atom. The molecule has 2 nitrogen and oxygen atoms in total. The van der Waals surface area contributed by atoms with Crippen LogP contribution >= 0.6 is 11.6 Å². The van der Waals surface area contributed by atoms with E-state index >= 15 is 0 Å². The summed E-state index contributed by atoms with van der Waals surface area (Å²) in [6.45, 7) is 0.533. The Balaban J connectivity index is 2.17. The quantitative estimate of drug-likeness (QED) is 0.758. The number of halogens is 3. The fourth-order valence-corrected chi connectivity index (χ4v) is 2.34. The molecule has 0 saturated heterocycles. The van der Waals surface area contributed by atoms with Gasteiger partial charge in [-0.15, -0.1) is 11.6 Å². The second kappa shape index (κ2) is 6.33. The van der Waals surface area contributed by atoms with Crippen molar-refractivity contribution in [3.63, 3.8) is 0 Å². The van der Waals surface area contributed by atoms with Crippen LogP contribution in [0, 0.1) is 11.6 Å². The third-order valence-electron chi connectivity index (χ3n) is 3.42. The van der Waals surface area contributed by atoms with Crippen LogP contribution in [-0.2, 0) is 0 Å². The number of amides is 1. The number of alkyl halides is 1. The van der Waals surface area contributed by atoms with Crippen molar-refractivity contribution in [2.75, 3.05) is 12.4 Å². The van der Waals surface area contributed by atoms with Crippen LogP contribution in [0.15, 0.2) is 18.2 Å². The Bertz CT molecular complexity index is 443. The average molecular weight is 288 g/mol. The minimum absolute atomic E-state index is 0.0685. The number of nitrogens with zero attached hydrogens (tertiary/aromatic N) is 1. The second-order valence-electron chi connectivity index (χ2n) is 4.78. The first-order valence-electron chi connectivity index (χ1n) is 6.45. The fourth-order valence-electron chi connectivity index (χ4n) is 2.22. The molecule has 1 saturated carbocycles. The fraction of sp³-hybridized carbons (Fsp3) is 0.500. The molecule has 2 rings (SSSR count). The van der Waals surface area contributed by atoms with E-state index in [1.54, 1.807) is 4.90 Å². The molecule has 0 unspecified atom stereocenters. The SMILES string of the molecule is O=C(c1cc(F)cc(F)c1)N(CCCCl)C1CCC1. The summed E-state index contributed by atoms with van der Waals surface area (Å²) >= 11 is 5.65. The lowest BCUT2D eigenvalue weighted by atomic mass is 9.90. The molecule has 0 N–H and O–H groups in total. The summed E-state index contributed by atoms with van der Waals surface area (Å²) in [6.07, 6.45) is 3.67. The highest BCUT2D eigenvalue weighted by atomic mass is 35.5. The van der Waals surface area contributed by atoms with Crippen molar-refractivity contribution in [1.29, 1.82) is 0 Å². The first-order valence-corrected chi connectivity index (χ1v) is 6.98. The highest BCUT2D eigenvalue weighted by Crippen LogP contribution is 2.26. The topological polar surface area (TPSA) is 20.3 Å². The van der Waals surface area contributed by atoms with Crippen molar-refractivity contribution in [1.82, 2.24) is 4.90 Å². The standard InChI is InChI=1S/C14H16ClF2NO/c15-5-2-6-18(13-3-1-4-13)14(19)10-7-11(16)9-12(17)8-10/h7-9,13H,1-6H2. The zero-order valence-corrected chi connectivity index (χ0v) is 11.3. The Hall–Kier alpha value is -1.16. The van der Waals surface area contributed by atoms with Gasteiger partial charge in [0, 0.05) is 30.1 Å². The van der Waals surface area contributed by atoms with Crippen LogP contribution in [0.3, 0.4) is 0 Å². The van der Waals surface area contributed by atoms with Gasteiger partial charge in [-0.1, -0.05) is 0 Å². The lowest BCUT2D eigenvalue weighted by Crippen LogP contribution is -2.44. The van der Waals surface area contributed by atoms with Crippen molar-refractivity contribution in [2.45, 2.75) is 31.7 Å². The molecule has 0 aromatic heterocycles. The summed E-state index contributed by atoms with van der Waals surface area (Å²) in [5, 5.41) is 0. The summed E-state index contributed by atoms with van der Waals surface area (Å²) in [5.41, 5.74) is 0.0685. The van der Waals surface area contributed by atoms with E-state index in [-0.39, 0.29) is 17.5 Å². The zero-order valence-electron chi connectivity index (χ0n) is 10.5. The molecule has 0 bridgehead atoms. The Morgan fingerprint density at radius 1 is 1.26 bits per heavy atom. The lowest BCUT2D eigenvalue weighted by Gasteiger charge is -2.37. The van der Waals surface area contributed by atoms with Gasteiger partial charge in [-0.25, -0.2) is 8.78 Å². The van der Waals surface area contributed by atoms with Crippen LogP contribution in [0.5, 0.6) is 0 Å². The molecule has 1 aromatic carbocycles. The van der Waals surface area contributed by atoms with Crippen molar-refractivity contribution >= 4 is 17.5 Å². The maximum Gasteiger partial charge on any atom is 0.254 e. The van der Waals surface area contributed by atoms with Gasteiger partial charge >= 0.3 is 0 Å². The zero-order chi connectivity index (χ0) is 13.8. The van der Waals surface area contributed by atoms with E-state index in [4.69, 9.17) is 11.6 Å². The van der Waals surface area contributed by atoms with Crippen molar-refractivity contribution in [3.05, 3.63) is 35.4 Å². The van der Waals surface area contributed by atoms with Gasteiger partial charge in [-0.2, -0.15) is 0 Å². The minimum Gasteiger partial charge on any atom is -0.336 e. The van der Waals surface area contributed by atoms with Crippen molar-refractivity contribution < 1.29 is 13.6 Å². The van der Waals surface area contributed by atoms with Crippen molar-refractivity contribution in [2.24, 2.45) is 0 Å². The van der Waals surface area contributed by atoms with E-state index in [9.17, 15) is 13.6 Å². The predicted molar refractivity (Wildman–Crippen MR) is 70.4 cm³/mol. The molecule has 5 heteroatoms. The van der Waals surface area contributed by atoms with Crippen LogP contribution in [0.2, 0.25) is 0 Å². The molecule has 1 aromatic rings. The Labute approximate surface area is 116 Å². The van der Waals surface area contributed by atoms with E-state index in [1.165, 1.54) is 0 Å².